The second-order valence-corrected chi connectivity index (χ2v) is 7.56. The molecule has 3 amide bonds. The van der Waals surface area contributed by atoms with Crippen LogP contribution < -0.4 is 0 Å². The average molecular weight is 419 g/mol. The molecular weight excluding hydrogens is 390 g/mol. The number of rotatable bonds is 6. The van der Waals surface area contributed by atoms with E-state index >= 15 is 0 Å². The number of ether oxygens (including phenoxy) is 3. The van der Waals surface area contributed by atoms with Crippen molar-refractivity contribution in [1.29, 1.82) is 0 Å². The summed E-state index contributed by atoms with van der Waals surface area (Å²) in [6.07, 6.45) is 1.09. The number of nitrogens with zero attached hydrogens (tertiary/aromatic N) is 3. The molecule has 0 saturated carbocycles. The van der Waals surface area contributed by atoms with Gasteiger partial charge in [-0.1, -0.05) is 12.1 Å². The fraction of sp³-hybridized carbons (Fsp3) is 0.571. The molecule has 30 heavy (non-hydrogen) atoms. The number of esters is 1. The number of hydrogen-bond donors (Lipinski definition) is 0. The minimum absolute atomic E-state index is 0.0226. The van der Waals surface area contributed by atoms with Crippen molar-refractivity contribution in [3.63, 3.8) is 0 Å². The number of hydrogen-bond acceptors (Lipinski definition) is 6. The van der Waals surface area contributed by atoms with Gasteiger partial charge in [-0.3, -0.25) is 0 Å². The number of urea groups is 1. The normalized spacial score (nSPS) is 19.9. The van der Waals surface area contributed by atoms with E-state index in [0.29, 0.717) is 51.2 Å². The molecule has 2 saturated heterocycles. The number of piperidine rings is 1. The zero-order valence-corrected chi connectivity index (χ0v) is 17.7. The van der Waals surface area contributed by atoms with Gasteiger partial charge >= 0.3 is 18.1 Å². The van der Waals surface area contributed by atoms with E-state index in [0.717, 1.165) is 5.56 Å². The SMILES string of the molecule is COCC1CN(Cc2ccc(C(=O)OC)cc2)C(=O)N1C1CCN(C(=O)OC)CC1. The minimum Gasteiger partial charge on any atom is -0.465 e. The molecule has 1 unspecified atom stereocenters. The first-order valence-electron chi connectivity index (χ1n) is 10.0. The van der Waals surface area contributed by atoms with Crippen LogP contribution in [0.25, 0.3) is 0 Å². The molecule has 2 aliphatic rings. The molecular formula is C21H29N3O6. The first kappa shape index (κ1) is 21.9. The number of carbonyl (C=O) groups excluding carboxylic acids is 3. The highest BCUT2D eigenvalue weighted by molar-refractivity contribution is 5.89. The Morgan fingerprint density at radius 2 is 1.70 bits per heavy atom. The topological polar surface area (TPSA) is 88.6 Å². The third kappa shape index (κ3) is 4.67. The van der Waals surface area contributed by atoms with Crippen LogP contribution in [0.5, 0.6) is 0 Å². The summed E-state index contributed by atoms with van der Waals surface area (Å²) in [6.45, 7) is 2.62. The Morgan fingerprint density at radius 3 is 2.27 bits per heavy atom. The molecule has 2 aliphatic heterocycles. The third-order valence-electron chi connectivity index (χ3n) is 5.71. The average Bonchev–Trinajstić information content (AvgIpc) is 3.08. The number of carbonyl (C=O) groups is 3. The van der Waals surface area contributed by atoms with Crippen LogP contribution in [0, 0.1) is 0 Å². The summed E-state index contributed by atoms with van der Waals surface area (Å²) in [6, 6.07) is 7.08. The summed E-state index contributed by atoms with van der Waals surface area (Å²) in [5.41, 5.74) is 1.42. The van der Waals surface area contributed by atoms with Gasteiger partial charge < -0.3 is 28.9 Å². The fourth-order valence-corrected chi connectivity index (χ4v) is 4.19. The van der Waals surface area contributed by atoms with Gasteiger partial charge in [0.2, 0.25) is 0 Å². The minimum atomic E-state index is -0.386. The molecule has 9 nitrogen and oxygen atoms in total. The van der Waals surface area contributed by atoms with Crippen LogP contribution in [0.15, 0.2) is 24.3 Å². The number of benzene rings is 1. The second kappa shape index (κ2) is 9.80. The summed E-state index contributed by atoms with van der Waals surface area (Å²) >= 11 is 0. The molecule has 0 aromatic heterocycles. The van der Waals surface area contributed by atoms with Gasteiger partial charge in [0.15, 0.2) is 0 Å². The largest absolute Gasteiger partial charge is 0.465 e. The Hall–Kier alpha value is -2.81. The molecule has 0 bridgehead atoms. The summed E-state index contributed by atoms with van der Waals surface area (Å²) in [7, 11) is 4.36. The van der Waals surface area contributed by atoms with Crippen molar-refractivity contribution in [1.82, 2.24) is 14.7 Å². The predicted octanol–water partition coefficient (Wildman–Crippen LogP) is 1.96. The van der Waals surface area contributed by atoms with Crippen molar-refractivity contribution in [3.8, 4) is 0 Å². The maximum absolute atomic E-state index is 13.2. The van der Waals surface area contributed by atoms with Crippen molar-refractivity contribution in [2.75, 3.05) is 47.6 Å². The highest BCUT2D eigenvalue weighted by Gasteiger charge is 2.42. The highest BCUT2D eigenvalue weighted by atomic mass is 16.5. The molecule has 2 fully saturated rings. The molecule has 2 heterocycles. The molecule has 0 N–H and O–H groups in total. The summed E-state index contributed by atoms with van der Waals surface area (Å²) in [5, 5.41) is 0. The van der Waals surface area contributed by atoms with Gasteiger partial charge in [-0.25, -0.2) is 14.4 Å². The maximum Gasteiger partial charge on any atom is 0.409 e. The van der Waals surface area contributed by atoms with E-state index in [1.54, 1.807) is 24.1 Å². The van der Waals surface area contributed by atoms with E-state index in [9.17, 15) is 14.4 Å². The first-order valence-corrected chi connectivity index (χ1v) is 10.0. The Labute approximate surface area is 176 Å². The molecule has 0 aliphatic carbocycles. The van der Waals surface area contributed by atoms with Gasteiger partial charge in [0, 0.05) is 39.3 Å². The molecule has 9 heteroatoms. The zero-order chi connectivity index (χ0) is 21.7. The van der Waals surface area contributed by atoms with Crippen molar-refractivity contribution in [3.05, 3.63) is 35.4 Å². The van der Waals surface area contributed by atoms with Crippen molar-refractivity contribution < 1.29 is 28.6 Å². The van der Waals surface area contributed by atoms with E-state index in [2.05, 4.69) is 0 Å². The zero-order valence-electron chi connectivity index (χ0n) is 17.7. The second-order valence-electron chi connectivity index (χ2n) is 7.56. The van der Waals surface area contributed by atoms with Crippen molar-refractivity contribution in [2.24, 2.45) is 0 Å². The lowest BCUT2D eigenvalue weighted by Crippen LogP contribution is -2.51. The van der Waals surface area contributed by atoms with Crippen LogP contribution in [-0.4, -0.2) is 92.4 Å². The lowest BCUT2D eigenvalue weighted by Gasteiger charge is -2.38. The molecule has 3 rings (SSSR count). The van der Waals surface area contributed by atoms with E-state index < -0.39 is 0 Å². The van der Waals surface area contributed by atoms with Crippen LogP contribution >= 0.6 is 0 Å². The fourth-order valence-electron chi connectivity index (χ4n) is 4.19. The third-order valence-corrected chi connectivity index (χ3v) is 5.71. The Morgan fingerprint density at radius 1 is 1.03 bits per heavy atom. The smallest absolute Gasteiger partial charge is 0.409 e. The van der Waals surface area contributed by atoms with Gasteiger partial charge in [-0.05, 0) is 30.5 Å². The summed E-state index contributed by atoms with van der Waals surface area (Å²) < 4.78 is 14.9. The van der Waals surface area contributed by atoms with E-state index in [1.807, 2.05) is 21.9 Å². The molecule has 164 valence electrons. The van der Waals surface area contributed by atoms with Gasteiger partial charge in [0.1, 0.15) is 0 Å². The van der Waals surface area contributed by atoms with Crippen LogP contribution in [-0.2, 0) is 20.8 Å². The lowest BCUT2D eigenvalue weighted by molar-refractivity contribution is 0.0600. The van der Waals surface area contributed by atoms with Crippen LogP contribution in [0.4, 0.5) is 9.59 Å². The lowest BCUT2D eigenvalue weighted by atomic mass is 10.0. The van der Waals surface area contributed by atoms with Crippen LogP contribution in [0.3, 0.4) is 0 Å². The monoisotopic (exact) mass is 419 g/mol. The Bertz CT molecular complexity index is 761. The molecule has 1 atom stereocenters. The van der Waals surface area contributed by atoms with Gasteiger partial charge in [0.25, 0.3) is 0 Å². The highest BCUT2D eigenvalue weighted by Crippen LogP contribution is 2.27. The molecule has 1 aromatic carbocycles. The van der Waals surface area contributed by atoms with Crippen molar-refractivity contribution in [2.45, 2.75) is 31.5 Å². The van der Waals surface area contributed by atoms with E-state index in [4.69, 9.17) is 14.2 Å². The number of amides is 3. The summed E-state index contributed by atoms with van der Waals surface area (Å²) in [4.78, 5) is 41.9. The standard InChI is InChI=1S/C21H29N3O6/c1-28-14-18-13-23(12-15-4-6-16(7-5-15)19(25)29-2)20(26)24(18)17-8-10-22(11-9-17)21(27)30-3/h4-7,17-18H,8-14H2,1-3H3. The van der Waals surface area contributed by atoms with Gasteiger partial charge in [0.05, 0.1) is 32.4 Å². The molecule has 0 radical (unpaired) electrons. The quantitative estimate of drug-likeness (QED) is 0.655. The van der Waals surface area contributed by atoms with Crippen LogP contribution in [0.2, 0.25) is 0 Å². The van der Waals surface area contributed by atoms with Crippen LogP contribution in [0.1, 0.15) is 28.8 Å². The van der Waals surface area contributed by atoms with Gasteiger partial charge in [-0.2, -0.15) is 0 Å². The van der Waals surface area contributed by atoms with E-state index in [-0.39, 0.29) is 30.2 Å². The first-order chi connectivity index (χ1) is 14.5. The Kier molecular flexibility index (Phi) is 7.15. The maximum atomic E-state index is 13.2. The molecule has 1 aromatic rings. The Balaban J connectivity index is 1.66. The number of methoxy groups -OCH3 is 3. The van der Waals surface area contributed by atoms with Gasteiger partial charge in [-0.15, -0.1) is 0 Å². The van der Waals surface area contributed by atoms with E-state index in [1.165, 1.54) is 14.2 Å². The predicted molar refractivity (Wildman–Crippen MR) is 108 cm³/mol. The number of likely N-dealkylation sites (tertiary alicyclic amines) is 1. The molecule has 0 spiro atoms. The van der Waals surface area contributed by atoms with Crippen molar-refractivity contribution >= 4 is 18.1 Å². The summed E-state index contributed by atoms with van der Waals surface area (Å²) in [5.74, 6) is -0.386.